The van der Waals surface area contributed by atoms with Crippen molar-refractivity contribution in [1.29, 1.82) is 0 Å². The number of aryl methyl sites for hydroxylation is 1. The normalized spacial score (nSPS) is 22.9. The minimum Gasteiger partial charge on any atom is -0.497 e. The number of anilines is 1. The minimum absolute atomic E-state index is 0.0613. The lowest BCUT2D eigenvalue weighted by atomic mass is 9.86. The molecule has 6 nitrogen and oxygen atoms in total. The predicted molar refractivity (Wildman–Crippen MR) is 107 cm³/mol. The van der Waals surface area contributed by atoms with Gasteiger partial charge in [0.1, 0.15) is 5.75 Å². The molecule has 2 fully saturated rings. The van der Waals surface area contributed by atoms with Gasteiger partial charge in [0.2, 0.25) is 15.9 Å². The molecule has 0 N–H and O–H groups in total. The van der Waals surface area contributed by atoms with E-state index in [1.165, 1.54) is 11.4 Å². The largest absolute Gasteiger partial charge is 0.497 e. The van der Waals surface area contributed by atoms with Crippen molar-refractivity contribution in [2.24, 2.45) is 5.41 Å². The van der Waals surface area contributed by atoms with E-state index < -0.39 is 10.0 Å². The number of carbonyl (C=O) groups is 1. The summed E-state index contributed by atoms with van der Waals surface area (Å²) in [4.78, 5) is 14.7. The highest BCUT2D eigenvalue weighted by Gasteiger charge is 2.50. The molecule has 0 aliphatic carbocycles. The van der Waals surface area contributed by atoms with Crippen molar-refractivity contribution in [3.8, 4) is 5.75 Å². The Kier molecular flexibility index (Phi) is 4.67. The average Bonchev–Trinajstić information content (AvgIpc) is 3.25. The first-order valence-corrected chi connectivity index (χ1v) is 10.8. The lowest BCUT2D eigenvalue weighted by Gasteiger charge is -2.24. The molecule has 2 aromatic rings. The number of ether oxygens (including phenoxy) is 1. The Hall–Kier alpha value is -2.38. The number of benzene rings is 2. The SMILES string of the molecule is COc1cccc(S(=O)(=O)N2CC[C@@]3(CC(=O)N(c4cccc(C)c4)C3)C2)c1. The van der Waals surface area contributed by atoms with Crippen molar-refractivity contribution in [3.05, 3.63) is 54.1 Å². The minimum atomic E-state index is -3.62. The van der Waals surface area contributed by atoms with E-state index in [9.17, 15) is 13.2 Å². The van der Waals surface area contributed by atoms with Crippen LogP contribution < -0.4 is 9.64 Å². The Balaban J connectivity index is 1.56. The fraction of sp³-hybridized carbons (Fsp3) is 0.381. The molecular formula is C21H24N2O4S. The van der Waals surface area contributed by atoms with Gasteiger partial charge in [0.05, 0.1) is 12.0 Å². The fourth-order valence-corrected chi connectivity index (χ4v) is 5.80. The Bertz CT molecular complexity index is 1020. The molecule has 28 heavy (non-hydrogen) atoms. The van der Waals surface area contributed by atoms with Crippen LogP contribution in [0.5, 0.6) is 5.75 Å². The molecule has 1 atom stereocenters. The highest BCUT2D eigenvalue weighted by molar-refractivity contribution is 7.89. The van der Waals surface area contributed by atoms with E-state index in [4.69, 9.17) is 4.74 Å². The lowest BCUT2D eigenvalue weighted by molar-refractivity contribution is -0.117. The quantitative estimate of drug-likeness (QED) is 0.792. The van der Waals surface area contributed by atoms with Gasteiger partial charge < -0.3 is 9.64 Å². The van der Waals surface area contributed by atoms with Crippen LogP contribution in [0.4, 0.5) is 5.69 Å². The van der Waals surface area contributed by atoms with Crippen LogP contribution in [-0.4, -0.2) is 45.4 Å². The second-order valence-corrected chi connectivity index (χ2v) is 9.70. The number of sulfonamides is 1. The zero-order valence-electron chi connectivity index (χ0n) is 16.1. The maximum atomic E-state index is 13.1. The first kappa shape index (κ1) is 19.0. The molecule has 1 spiro atoms. The van der Waals surface area contributed by atoms with Crippen LogP contribution in [0.25, 0.3) is 0 Å². The molecule has 0 unspecified atom stereocenters. The van der Waals surface area contributed by atoms with Crippen LogP contribution in [0.15, 0.2) is 53.4 Å². The first-order chi connectivity index (χ1) is 13.3. The van der Waals surface area contributed by atoms with Crippen molar-refractivity contribution in [3.63, 3.8) is 0 Å². The number of carbonyl (C=O) groups excluding carboxylic acids is 1. The van der Waals surface area contributed by atoms with Crippen LogP contribution in [0.2, 0.25) is 0 Å². The molecule has 0 radical (unpaired) electrons. The summed E-state index contributed by atoms with van der Waals surface area (Å²) in [6.07, 6.45) is 1.06. The van der Waals surface area contributed by atoms with Gasteiger partial charge >= 0.3 is 0 Å². The highest BCUT2D eigenvalue weighted by Crippen LogP contribution is 2.43. The average molecular weight is 401 g/mol. The summed E-state index contributed by atoms with van der Waals surface area (Å²) in [6.45, 7) is 3.34. The zero-order valence-corrected chi connectivity index (χ0v) is 16.9. The molecule has 0 bridgehead atoms. The number of amides is 1. The number of nitrogens with zero attached hydrogens (tertiary/aromatic N) is 2. The van der Waals surface area contributed by atoms with Crippen LogP contribution in [0.3, 0.4) is 0 Å². The van der Waals surface area contributed by atoms with Gasteiger partial charge in [0.15, 0.2) is 0 Å². The Morgan fingerprint density at radius 1 is 1.07 bits per heavy atom. The molecule has 2 aliphatic rings. The third-order valence-corrected chi connectivity index (χ3v) is 7.56. The molecule has 1 amide bonds. The summed E-state index contributed by atoms with van der Waals surface area (Å²) >= 11 is 0. The van der Waals surface area contributed by atoms with Gasteiger partial charge in [-0.05, 0) is 43.2 Å². The van der Waals surface area contributed by atoms with Gasteiger partial charge in [-0.2, -0.15) is 4.31 Å². The highest BCUT2D eigenvalue weighted by atomic mass is 32.2. The second-order valence-electron chi connectivity index (χ2n) is 7.76. The number of rotatable bonds is 4. The van der Waals surface area contributed by atoms with Crippen molar-refractivity contribution >= 4 is 21.6 Å². The predicted octanol–water partition coefficient (Wildman–Crippen LogP) is 2.82. The third-order valence-electron chi connectivity index (χ3n) is 5.72. The summed E-state index contributed by atoms with van der Waals surface area (Å²) in [5.74, 6) is 0.572. The van der Waals surface area contributed by atoms with Crippen LogP contribution >= 0.6 is 0 Å². The maximum Gasteiger partial charge on any atom is 0.243 e. The van der Waals surface area contributed by atoms with Crippen molar-refractivity contribution < 1.29 is 17.9 Å². The van der Waals surface area contributed by atoms with E-state index in [-0.39, 0.29) is 16.2 Å². The van der Waals surface area contributed by atoms with Gasteiger partial charge in [-0.1, -0.05) is 18.2 Å². The smallest absolute Gasteiger partial charge is 0.243 e. The molecular weight excluding hydrogens is 376 g/mol. The Morgan fingerprint density at radius 2 is 1.86 bits per heavy atom. The summed E-state index contributed by atoms with van der Waals surface area (Å²) in [7, 11) is -2.10. The molecule has 2 aliphatic heterocycles. The molecule has 2 heterocycles. The number of hydrogen-bond acceptors (Lipinski definition) is 4. The van der Waals surface area contributed by atoms with Gasteiger partial charge in [-0.15, -0.1) is 0 Å². The summed E-state index contributed by atoms with van der Waals surface area (Å²) in [5, 5.41) is 0. The zero-order chi connectivity index (χ0) is 19.9. The van der Waals surface area contributed by atoms with E-state index in [0.717, 1.165) is 11.3 Å². The van der Waals surface area contributed by atoms with Crippen LogP contribution in [0.1, 0.15) is 18.4 Å². The molecule has 7 heteroatoms. The molecule has 0 saturated carbocycles. The Labute approximate surface area is 165 Å². The number of methoxy groups -OCH3 is 1. The topological polar surface area (TPSA) is 66.9 Å². The van der Waals surface area contributed by atoms with Gasteiger partial charge in [0, 0.05) is 43.2 Å². The Morgan fingerprint density at radius 3 is 2.61 bits per heavy atom. The van der Waals surface area contributed by atoms with E-state index in [1.54, 1.807) is 29.2 Å². The summed E-state index contributed by atoms with van der Waals surface area (Å²) in [6, 6.07) is 14.4. The summed E-state index contributed by atoms with van der Waals surface area (Å²) < 4.78 is 32.9. The molecule has 148 valence electrons. The van der Waals surface area contributed by atoms with E-state index in [2.05, 4.69) is 0 Å². The lowest BCUT2D eigenvalue weighted by Crippen LogP contribution is -2.34. The van der Waals surface area contributed by atoms with Gasteiger partial charge in [-0.3, -0.25) is 4.79 Å². The van der Waals surface area contributed by atoms with Crippen molar-refractivity contribution in [2.75, 3.05) is 31.6 Å². The van der Waals surface area contributed by atoms with Crippen LogP contribution in [0, 0.1) is 12.3 Å². The molecule has 2 aromatic carbocycles. The standard InChI is InChI=1S/C21H24N2O4S/c1-16-5-3-6-17(11-16)23-15-21(13-20(23)24)9-10-22(14-21)28(25,26)19-8-4-7-18(12-19)27-2/h3-8,11-12H,9-10,13-15H2,1-2H3/t21-/m1/s1. The van der Waals surface area contributed by atoms with Gasteiger partial charge in [-0.25, -0.2) is 8.42 Å². The second kappa shape index (κ2) is 6.90. The molecule has 2 saturated heterocycles. The van der Waals surface area contributed by atoms with Crippen molar-refractivity contribution in [2.45, 2.75) is 24.7 Å². The monoisotopic (exact) mass is 400 g/mol. The first-order valence-electron chi connectivity index (χ1n) is 9.34. The van der Waals surface area contributed by atoms with Crippen LogP contribution in [-0.2, 0) is 14.8 Å². The fourth-order valence-electron chi connectivity index (χ4n) is 4.21. The van der Waals surface area contributed by atoms with E-state index in [1.807, 2.05) is 31.2 Å². The van der Waals surface area contributed by atoms with Crippen molar-refractivity contribution in [1.82, 2.24) is 4.31 Å². The third kappa shape index (κ3) is 3.29. The van der Waals surface area contributed by atoms with Gasteiger partial charge in [0.25, 0.3) is 0 Å². The molecule has 4 rings (SSSR count). The summed E-state index contributed by atoms with van der Waals surface area (Å²) in [5.41, 5.74) is 1.66. The van der Waals surface area contributed by atoms with E-state index in [0.29, 0.717) is 38.2 Å². The maximum absolute atomic E-state index is 13.1. The molecule has 0 aromatic heterocycles. The number of hydrogen-bond donors (Lipinski definition) is 0. The van der Waals surface area contributed by atoms with E-state index >= 15 is 0 Å².